The molecule has 4 heteroatoms. The summed E-state index contributed by atoms with van der Waals surface area (Å²) >= 11 is 0. The lowest BCUT2D eigenvalue weighted by Gasteiger charge is -2.07. The van der Waals surface area contributed by atoms with Crippen LogP contribution in [0.4, 0.5) is 0 Å². The van der Waals surface area contributed by atoms with E-state index in [2.05, 4.69) is 69.5 Å². The summed E-state index contributed by atoms with van der Waals surface area (Å²) in [5, 5.41) is 10.3. The zero-order valence-electron chi connectivity index (χ0n) is 12.8. The third kappa shape index (κ3) is 1.86. The van der Waals surface area contributed by atoms with E-state index in [1.807, 2.05) is 24.4 Å². The Labute approximate surface area is 138 Å². The molecule has 0 aliphatic carbocycles. The molecule has 0 spiro atoms. The highest BCUT2D eigenvalue weighted by molar-refractivity contribution is 6.09. The molecule has 3 aromatic carbocycles. The van der Waals surface area contributed by atoms with Gasteiger partial charge < -0.3 is 4.57 Å². The van der Waals surface area contributed by atoms with Gasteiger partial charge in [0.15, 0.2) is 0 Å². The number of para-hydroxylation sites is 1. The maximum absolute atomic E-state index is 4.09. The van der Waals surface area contributed by atoms with Crippen molar-refractivity contribution in [2.24, 2.45) is 0 Å². The zero-order chi connectivity index (χ0) is 15.9. The maximum Gasteiger partial charge on any atom is 0.0697 e. The van der Waals surface area contributed by atoms with E-state index in [0.717, 1.165) is 11.4 Å². The van der Waals surface area contributed by atoms with Crippen molar-refractivity contribution in [1.82, 2.24) is 19.6 Å². The average molecular weight is 309 g/mol. The minimum Gasteiger partial charge on any atom is -0.309 e. The molecule has 0 saturated carbocycles. The van der Waals surface area contributed by atoms with E-state index >= 15 is 0 Å². The number of aromatic nitrogens is 4. The Morgan fingerprint density at radius 1 is 0.833 bits per heavy atom. The van der Waals surface area contributed by atoms with Crippen molar-refractivity contribution in [2.45, 2.75) is 0 Å². The number of nitrogens with zero attached hydrogens (tertiary/aromatic N) is 4. The second kappa shape index (κ2) is 5.06. The highest BCUT2D eigenvalue weighted by atomic mass is 15.4. The molecular formula is C20H13N4. The van der Waals surface area contributed by atoms with Crippen molar-refractivity contribution in [2.75, 3.05) is 0 Å². The lowest BCUT2D eigenvalue weighted by molar-refractivity contribution is 0.804. The summed E-state index contributed by atoms with van der Waals surface area (Å²) in [5.41, 5.74) is 4.48. The molecule has 113 valence electrons. The second-order valence-electron chi connectivity index (χ2n) is 5.66. The van der Waals surface area contributed by atoms with Gasteiger partial charge in [-0.05, 0) is 48.5 Å². The molecule has 0 unspecified atom stereocenters. The first-order chi connectivity index (χ1) is 11.9. The molecule has 1 radical (unpaired) electrons. The number of hydrogen-bond donors (Lipinski definition) is 0. The predicted octanol–water partition coefficient (Wildman–Crippen LogP) is 4.16. The van der Waals surface area contributed by atoms with Crippen LogP contribution in [0.25, 0.3) is 33.2 Å². The Balaban J connectivity index is 1.89. The van der Waals surface area contributed by atoms with Gasteiger partial charge >= 0.3 is 0 Å². The van der Waals surface area contributed by atoms with Crippen molar-refractivity contribution in [3.63, 3.8) is 0 Å². The molecule has 5 aromatic rings. The van der Waals surface area contributed by atoms with Crippen molar-refractivity contribution in [1.29, 1.82) is 0 Å². The van der Waals surface area contributed by atoms with Gasteiger partial charge in [0.2, 0.25) is 0 Å². The molecule has 2 heterocycles. The van der Waals surface area contributed by atoms with E-state index in [-0.39, 0.29) is 0 Å². The fourth-order valence-corrected chi connectivity index (χ4v) is 3.24. The van der Waals surface area contributed by atoms with Crippen LogP contribution >= 0.6 is 0 Å². The van der Waals surface area contributed by atoms with Crippen LogP contribution in [0.15, 0.2) is 79.1 Å². The number of benzene rings is 3. The molecule has 0 saturated heterocycles. The monoisotopic (exact) mass is 309 g/mol. The summed E-state index contributed by atoms with van der Waals surface area (Å²) in [6.45, 7) is 0. The van der Waals surface area contributed by atoms with Gasteiger partial charge in [0.25, 0.3) is 0 Å². The van der Waals surface area contributed by atoms with Crippen LogP contribution < -0.4 is 0 Å². The highest BCUT2D eigenvalue weighted by Crippen LogP contribution is 2.32. The van der Waals surface area contributed by atoms with Crippen LogP contribution in [0, 0.1) is 6.07 Å². The molecular weight excluding hydrogens is 296 g/mol. The molecule has 0 N–H and O–H groups in total. The summed E-state index contributed by atoms with van der Waals surface area (Å²) in [6.07, 6.45) is 3.54. The first-order valence-electron chi connectivity index (χ1n) is 7.78. The van der Waals surface area contributed by atoms with E-state index < -0.39 is 0 Å². The van der Waals surface area contributed by atoms with Crippen LogP contribution in [0.2, 0.25) is 0 Å². The molecule has 0 amide bonds. The summed E-state index contributed by atoms with van der Waals surface area (Å²) < 4.78 is 4.06. The van der Waals surface area contributed by atoms with Gasteiger partial charge in [-0.15, -0.1) is 5.10 Å². The van der Waals surface area contributed by atoms with Crippen molar-refractivity contribution in [3.05, 3.63) is 85.2 Å². The van der Waals surface area contributed by atoms with Crippen LogP contribution in [0.5, 0.6) is 0 Å². The van der Waals surface area contributed by atoms with Crippen LogP contribution in [-0.4, -0.2) is 19.6 Å². The lowest BCUT2D eigenvalue weighted by atomic mass is 10.1. The molecule has 0 bridgehead atoms. The summed E-state index contributed by atoms with van der Waals surface area (Å²) in [7, 11) is 0. The van der Waals surface area contributed by atoms with E-state index in [1.54, 1.807) is 10.9 Å². The van der Waals surface area contributed by atoms with Crippen molar-refractivity contribution in [3.8, 4) is 11.4 Å². The third-order valence-corrected chi connectivity index (χ3v) is 4.29. The molecule has 0 fully saturated rings. The normalized spacial score (nSPS) is 11.3. The largest absolute Gasteiger partial charge is 0.309 e. The molecule has 0 aliphatic rings. The van der Waals surface area contributed by atoms with E-state index in [1.165, 1.54) is 21.8 Å². The maximum atomic E-state index is 4.09. The summed E-state index contributed by atoms with van der Waals surface area (Å²) in [5.74, 6) is 0. The van der Waals surface area contributed by atoms with Crippen LogP contribution in [0.1, 0.15) is 0 Å². The van der Waals surface area contributed by atoms with Gasteiger partial charge in [0, 0.05) is 16.5 Å². The van der Waals surface area contributed by atoms with Crippen LogP contribution in [-0.2, 0) is 0 Å². The summed E-state index contributed by atoms with van der Waals surface area (Å²) in [6, 6.07) is 26.1. The second-order valence-corrected chi connectivity index (χ2v) is 5.66. The van der Waals surface area contributed by atoms with E-state index in [0.29, 0.717) is 0 Å². The van der Waals surface area contributed by atoms with Gasteiger partial charge in [0.05, 0.1) is 29.1 Å². The minimum atomic E-state index is 0.996. The third-order valence-electron chi connectivity index (χ3n) is 4.29. The fourth-order valence-electron chi connectivity index (χ4n) is 3.24. The number of fused-ring (bicyclic) bond motifs is 3. The van der Waals surface area contributed by atoms with E-state index in [4.69, 9.17) is 0 Å². The van der Waals surface area contributed by atoms with Crippen molar-refractivity contribution < 1.29 is 0 Å². The fraction of sp³-hybridized carbons (Fsp3) is 0. The van der Waals surface area contributed by atoms with Gasteiger partial charge in [-0.2, -0.15) is 0 Å². The molecule has 5 rings (SSSR count). The smallest absolute Gasteiger partial charge is 0.0697 e. The van der Waals surface area contributed by atoms with Gasteiger partial charge in [-0.3, -0.25) is 0 Å². The molecule has 24 heavy (non-hydrogen) atoms. The Morgan fingerprint density at radius 3 is 2.54 bits per heavy atom. The lowest BCUT2D eigenvalue weighted by Crippen LogP contribution is -1.96. The molecule has 2 aromatic heterocycles. The first kappa shape index (κ1) is 13.1. The Hall–Kier alpha value is -3.40. The Bertz CT molecular complexity index is 1140. The predicted molar refractivity (Wildman–Crippen MR) is 94.5 cm³/mol. The molecule has 4 nitrogen and oxygen atoms in total. The molecule has 0 atom stereocenters. The Kier molecular flexibility index (Phi) is 2.76. The number of rotatable bonds is 2. The standard InChI is InChI=1S/C20H13N4/c1-2-6-15(7-3-1)24-19-9-5-4-8-17(19)18-14-16(10-11-20(18)24)23-13-12-21-22-23/h1-3,5-14H. The van der Waals surface area contributed by atoms with Crippen LogP contribution in [0.3, 0.4) is 0 Å². The minimum absolute atomic E-state index is 0.996. The highest BCUT2D eigenvalue weighted by Gasteiger charge is 2.12. The van der Waals surface area contributed by atoms with Gasteiger partial charge in [0.1, 0.15) is 0 Å². The van der Waals surface area contributed by atoms with Crippen molar-refractivity contribution >= 4 is 21.8 Å². The van der Waals surface area contributed by atoms with Gasteiger partial charge in [-0.1, -0.05) is 29.5 Å². The average Bonchev–Trinajstić information content (AvgIpc) is 3.28. The summed E-state index contributed by atoms with van der Waals surface area (Å²) in [4.78, 5) is 0. The SMILES string of the molecule is [c]1ccc2c(c1)c1cc(-n3ccnn3)ccc1n2-c1ccccc1. The van der Waals surface area contributed by atoms with Gasteiger partial charge in [-0.25, -0.2) is 4.68 Å². The topological polar surface area (TPSA) is 35.6 Å². The quantitative estimate of drug-likeness (QED) is 0.491. The first-order valence-corrected chi connectivity index (χ1v) is 7.78. The van der Waals surface area contributed by atoms with E-state index in [9.17, 15) is 0 Å². The molecule has 0 aliphatic heterocycles. The zero-order valence-corrected chi connectivity index (χ0v) is 12.8. The Morgan fingerprint density at radius 2 is 1.71 bits per heavy atom. The number of hydrogen-bond acceptors (Lipinski definition) is 2.